The fourth-order valence-corrected chi connectivity index (χ4v) is 1.68. The first-order valence-electron chi connectivity index (χ1n) is 5.76. The summed E-state index contributed by atoms with van der Waals surface area (Å²) < 4.78 is 5.05. The number of hydrogen-bond acceptors (Lipinski definition) is 4. The summed E-state index contributed by atoms with van der Waals surface area (Å²) in [6, 6.07) is 6.93. The number of nitrogen functional groups attached to an aromatic ring is 1. The number of nitrogens with one attached hydrogen (secondary N) is 1. The van der Waals surface area contributed by atoms with Gasteiger partial charge in [0.15, 0.2) is 0 Å². The average molecular weight is 257 g/mol. The van der Waals surface area contributed by atoms with E-state index in [2.05, 4.69) is 10.3 Å². The highest BCUT2D eigenvalue weighted by Crippen LogP contribution is 2.18. The summed E-state index contributed by atoms with van der Waals surface area (Å²) in [5.41, 5.74) is 8.23. The quantitative estimate of drug-likeness (QED) is 0.827. The molecule has 1 amide bonds. The van der Waals surface area contributed by atoms with E-state index in [0.717, 1.165) is 5.56 Å². The van der Waals surface area contributed by atoms with Gasteiger partial charge in [-0.2, -0.15) is 0 Å². The zero-order chi connectivity index (χ0) is 13.8. The van der Waals surface area contributed by atoms with Crippen LogP contribution >= 0.6 is 0 Å². The molecule has 0 aliphatic carbocycles. The van der Waals surface area contributed by atoms with Crippen molar-refractivity contribution in [3.05, 3.63) is 47.8 Å². The van der Waals surface area contributed by atoms with E-state index < -0.39 is 0 Å². The number of carbonyl (C=O) groups is 1. The molecule has 0 spiro atoms. The highest BCUT2D eigenvalue weighted by Gasteiger charge is 2.10. The maximum absolute atomic E-state index is 12.2. The normalized spacial score (nSPS) is 10.0. The van der Waals surface area contributed by atoms with Crippen molar-refractivity contribution in [2.24, 2.45) is 0 Å². The number of nitrogens with zero attached hydrogens (tertiary/aromatic N) is 1. The number of aromatic nitrogens is 1. The van der Waals surface area contributed by atoms with Gasteiger partial charge in [-0.25, -0.2) is 0 Å². The van der Waals surface area contributed by atoms with Gasteiger partial charge in [0.2, 0.25) is 0 Å². The molecule has 0 atom stereocenters. The van der Waals surface area contributed by atoms with Crippen molar-refractivity contribution >= 4 is 17.3 Å². The third-order valence-corrected chi connectivity index (χ3v) is 2.71. The summed E-state index contributed by atoms with van der Waals surface area (Å²) in [5.74, 6) is 0.363. The van der Waals surface area contributed by atoms with Crippen molar-refractivity contribution in [2.75, 3.05) is 18.2 Å². The van der Waals surface area contributed by atoms with Gasteiger partial charge in [-0.15, -0.1) is 0 Å². The molecular formula is C14H15N3O2. The van der Waals surface area contributed by atoms with Crippen LogP contribution in [0.4, 0.5) is 11.4 Å². The molecule has 0 unspecified atom stereocenters. The summed E-state index contributed by atoms with van der Waals surface area (Å²) in [7, 11) is 1.55. The minimum absolute atomic E-state index is 0.222. The highest BCUT2D eigenvalue weighted by atomic mass is 16.5. The second-order valence-corrected chi connectivity index (χ2v) is 4.14. The zero-order valence-corrected chi connectivity index (χ0v) is 10.8. The molecular weight excluding hydrogens is 242 g/mol. The van der Waals surface area contributed by atoms with Crippen LogP contribution in [0.25, 0.3) is 0 Å². The SMILES string of the molecule is COc1cncc(NC(=O)c2cc(N)ccc2C)c1. The van der Waals surface area contributed by atoms with Crippen LogP contribution in [0.5, 0.6) is 5.75 Å². The van der Waals surface area contributed by atoms with E-state index in [1.54, 1.807) is 37.7 Å². The van der Waals surface area contributed by atoms with Gasteiger partial charge in [-0.05, 0) is 24.6 Å². The molecule has 0 aliphatic rings. The van der Waals surface area contributed by atoms with Gasteiger partial charge in [0.25, 0.3) is 5.91 Å². The molecule has 0 bridgehead atoms. The van der Waals surface area contributed by atoms with Crippen LogP contribution in [0, 0.1) is 6.92 Å². The molecule has 0 aliphatic heterocycles. The standard InChI is InChI=1S/C14H15N3O2/c1-9-3-4-10(15)5-13(9)14(18)17-11-6-12(19-2)8-16-7-11/h3-8H,15H2,1-2H3,(H,17,18). The minimum atomic E-state index is -0.222. The number of hydrogen-bond donors (Lipinski definition) is 2. The summed E-state index contributed by atoms with van der Waals surface area (Å²) in [5, 5.41) is 2.76. The number of nitrogens with two attached hydrogens (primary N) is 1. The number of benzene rings is 1. The van der Waals surface area contributed by atoms with E-state index in [0.29, 0.717) is 22.7 Å². The Morgan fingerprint density at radius 3 is 2.84 bits per heavy atom. The summed E-state index contributed by atoms with van der Waals surface area (Å²) in [4.78, 5) is 16.1. The van der Waals surface area contributed by atoms with Crippen molar-refractivity contribution in [3.8, 4) is 5.75 Å². The molecule has 2 aromatic rings. The topological polar surface area (TPSA) is 77.2 Å². The number of aryl methyl sites for hydroxylation is 1. The lowest BCUT2D eigenvalue weighted by molar-refractivity contribution is 0.102. The molecule has 0 saturated carbocycles. The number of pyridine rings is 1. The lowest BCUT2D eigenvalue weighted by atomic mass is 10.1. The second-order valence-electron chi connectivity index (χ2n) is 4.14. The molecule has 3 N–H and O–H groups in total. The van der Waals surface area contributed by atoms with Crippen molar-refractivity contribution in [1.82, 2.24) is 4.98 Å². The van der Waals surface area contributed by atoms with E-state index in [1.165, 1.54) is 0 Å². The molecule has 19 heavy (non-hydrogen) atoms. The van der Waals surface area contributed by atoms with E-state index in [4.69, 9.17) is 10.5 Å². The third kappa shape index (κ3) is 3.01. The van der Waals surface area contributed by atoms with Crippen LogP contribution in [0.2, 0.25) is 0 Å². The molecule has 5 nitrogen and oxygen atoms in total. The molecule has 0 saturated heterocycles. The Labute approximate surface area is 111 Å². The van der Waals surface area contributed by atoms with Gasteiger partial charge < -0.3 is 15.8 Å². The maximum atomic E-state index is 12.2. The van der Waals surface area contributed by atoms with Gasteiger partial charge in [0.1, 0.15) is 5.75 Å². The Bertz CT molecular complexity index is 611. The fourth-order valence-electron chi connectivity index (χ4n) is 1.68. The van der Waals surface area contributed by atoms with Crippen LogP contribution in [0.3, 0.4) is 0 Å². The summed E-state index contributed by atoms with van der Waals surface area (Å²) in [6.07, 6.45) is 3.13. The Kier molecular flexibility index (Phi) is 3.66. The Morgan fingerprint density at radius 2 is 2.11 bits per heavy atom. The maximum Gasteiger partial charge on any atom is 0.256 e. The van der Waals surface area contributed by atoms with Crippen LogP contribution in [0.1, 0.15) is 15.9 Å². The van der Waals surface area contributed by atoms with E-state index in [-0.39, 0.29) is 5.91 Å². The third-order valence-electron chi connectivity index (χ3n) is 2.71. The lowest BCUT2D eigenvalue weighted by Crippen LogP contribution is -2.14. The molecule has 1 aromatic heterocycles. The number of amides is 1. The van der Waals surface area contributed by atoms with Crippen LogP contribution < -0.4 is 15.8 Å². The summed E-state index contributed by atoms with van der Waals surface area (Å²) in [6.45, 7) is 1.86. The molecule has 5 heteroatoms. The number of ether oxygens (including phenoxy) is 1. The molecule has 2 rings (SSSR count). The largest absolute Gasteiger partial charge is 0.495 e. The minimum Gasteiger partial charge on any atom is -0.495 e. The van der Waals surface area contributed by atoms with E-state index in [1.807, 2.05) is 13.0 Å². The van der Waals surface area contributed by atoms with Crippen molar-refractivity contribution in [1.29, 1.82) is 0 Å². The van der Waals surface area contributed by atoms with Gasteiger partial charge >= 0.3 is 0 Å². The first-order valence-corrected chi connectivity index (χ1v) is 5.76. The van der Waals surface area contributed by atoms with Crippen molar-refractivity contribution < 1.29 is 9.53 Å². The Morgan fingerprint density at radius 1 is 1.32 bits per heavy atom. The molecule has 1 heterocycles. The number of anilines is 2. The average Bonchev–Trinajstić information content (AvgIpc) is 2.41. The monoisotopic (exact) mass is 257 g/mol. The van der Waals surface area contributed by atoms with Crippen molar-refractivity contribution in [2.45, 2.75) is 6.92 Å². The van der Waals surface area contributed by atoms with Gasteiger partial charge in [0.05, 0.1) is 25.2 Å². The van der Waals surface area contributed by atoms with Gasteiger partial charge in [-0.3, -0.25) is 9.78 Å². The lowest BCUT2D eigenvalue weighted by Gasteiger charge is -2.09. The first kappa shape index (κ1) is 12.9. The molecule has 98 valence electrons. The zero-order valence-electron chi connectivity index (χ0n) is 10.8. The molecule has 0 radical (unpaired) electrons. The smallest absolute Gasteiger partial charge is 0.256 e. The molecule has 0 fully saturated rings. The fraction of sp³-hybridized carbons (Fsp3) is 0.143. The van der Waals surface area contributed by atoms with Crippen LogP contribution in [-0.2, 0) is 0 Å². The van der Waals surface area contributed by atoms with E-state index in [9.17, 15) is 4.79 Å². The number of methoxy groups -OCH3 is 1. The second kappa shape index (κ2) is 5.39. The van der Waals surface area contributed by atoms with Crippen molar-refractivity contribution in [3.63, 3.8) is 0 Å². The van der Waals surface area contributed by atoms with Gasteiger partial charge in [0, 0.05) is 17.3 Å². The number of rotatable bonds is 3. The molecule has 1 aromatic carbocycles. The first-order chi connectivity index (χ1) is 9.10. The van der Waals surface area contributed by atoms with Gasteiger partial charge in [-0.1, -0.05) is 6.07 Å². The predicted octanol–water partition coefficient (Wildman–Crippen LogP) is 2.23. The highest BCUT2D eigenvalue weighted by molar-refractivity contribution is 6.05. The van der Waals surface area contributed by atoms with Crippen LogP contribution in [-0.4, -0.2) is 18.0 Å². The van der Waals surface area contributed by atoms with E-state index >= 15 is 0 Å². The number of carbonyl (C=O) groups excluding carboxylic acids is 1. The Hall–Kier alpha value is -2.56. The Balaban J connectivity index is 2.23. The predicted molar refractivity (Wildman–Crippen MR) is 74.3 cm³/mol. The summed E-state index contributed by atoms with van der Waals surface area (Å²) >= 11 is 0. The van der Waals surface area contributed by atoms with Crippen LogP contribution in [0.15, 0.2) is 36.7 Å².